The molecule has 1 aromatic rings. The number of nitro groups is 1. The Morgan fingerprint density at radius 1 is 1.37 bits per heavy atom. The smallest absolute Gasteiger partial charge is 0.407 e. The SMILES string of the molecule is Cc1cccc(C(=O)N2CCC[C@H](CNC(=O)OC(C)(C)C)C2)c1[N+](=O)[O-]. The Kier molecular flexibility index (Phi) is 6.41. The van der Waals surface area contributed by atoms with Crippen LogP contribution in [0.25, 0.3) is 0 Å². The molecule has 0 aliphatic carbocycles. The molecule has 1 aromatic carbocycles. The van der Waals surface area contributed by atoms with Crippen molar-refractivity contribution in [2.24, 2.45) is 5.92 Å². The molecule has 1 heterocycles. The quantitative estimate of drug-likeness (QED) is 0.641. The second-order valence-electron chi connectivity index (χ2n) is 7.87. The van der Waals surface area contributed by atoms with Gasteiger partial charge in [-0.3, -0.25) is 14.9 Å². The number of hydrogen-bond acceptors (Lipinski definition) is 5. The number of alkyl carbamates (subject to hydrolysis) is 1. The van der Waals surface area contributed by atoms with Crippen molar-refractivity contribution in [2.75, 3.05) is 19.6 Å². The fourth-order valence-electron chi connectivity index (χ4n) is 3.20. The molecule has 1 aliphatic heterocycles. The van der Waals surface area contributed by atoms with Gasteiger partial charge >= 0.3 is 6.09 Å². The number of hydrogen-bond donors (Lipinski definition) is 1. The monoisotopic (exact) mass is 377 g/mol. The summed E-state index contributed by atoms with van der Waals surface area (Å²) in [5.74, 6) is -0.258. The Morgan fingerprint density at radius 2 is 2.07 bits per heavy atom. The van der Waals surface area contributed by atoms with E-state index in [9.17, 15) is 19.7 Å². The van der Waals surface area contributed by atoms with E-state index in [4.69, 9.17) is 4.74 Å². The van der Waals surface area contributed by atoms with Gasteiger partial charge in [0, 0.05) is 25.2 Å². The lowest BCUT2D eigenvalue weighted by Crippen LogP contribution is -2.44. The molecular formula is C19H27N3O5. The molecule has 27 heavy (non-hydrogen) atoms. The van der Waals surface area contributed by atoms with Crippen molar-refractivity contribution in [3.05, 3.63) is 39.4 Å². The maximum absolute atomic E-state index is 12.9. The zero-order valence-electron chi connectivity index (χ0n) is 16.3. The van der Waals surface area contributed by atoms with Crippen LogP contribution in [0, 0.1) is 23.0 Å². The van der Waals surface area contributed by atoms with Crippen LogP contribution >= 0.6 is 0 Å². The van der Waals surface area contributed by atoms with E-state index in [1.54, 1.807) is 44.7 Å². The third kappa shape index (κ3) is 5.67. The van der Waals surface area contributed by atoms with E-state index in [2.05, 4.69) is 5.32 Å². The first-order valence-corrected chi connectivity index (χ1v) is 9.08. The van der Waals surface area contributed by atoms with Crippen LogP contribution in [0.2, 0.25) is 0 Å². The Bertz CT molecular complexity index is 727. The molecule has 0 bridgehead atoms. The van der Waals surface area contributed by atoms with Crippen LogP contribution in [-0.2, 0) is 4.74 Å². The van der Waals surface area contributed by atoms with Crippen molar-refractivity contribution < 1.29 is 19.2 Å². The number of nitrogens with zero attached hydrogens (tertiary/aromatic N) is 2. The van der Waals surface area contributed by atoms with Crippen LogP contribution in [0.15, 0.2) is 18.2 Å². The highest BCUT2D eigenvalue weighted by molar-refractivity contribution is 5.98. The van der Waals surface area contributed by atoms with Crippen LogP contribution in [0.3, 0.4) is 0 Å². The van der Waals surface area contributed by atoms with E-state index in [1.165, 1.54) is 6.07 Å². The van der Waals surface area contributed by atoms with Gasteiger partial charge < -0.3 is 15.0 Å². The number of amides is 2. The number of nitro benzene ring substituents is 1. The molecular weight excluding hydrogens is 350 g/mol. The minimum absolute atomic E-state index is 0.0825. The van der Waals surface area contributed by atoms with Crippen molar-refractivity contribution in [1.29, 1.82) is 0 Å². The number of piperidine rings is 1. The van der Waals surface area contributed by atoms with Gasteiger partial charge in [0.25, 0.3) is 11.6 Å². The second-order valence-corrected chi connectivity index (χ2v) is 7.87. The third-order valence-electron chi connectivity index (χ3n) is 4.39. The Hall–Kier alpha value is -2.64. The molecule has 8 heteroatoms. The zero-order valence-corrected chi connectivity index (χ0v) is 16.3. The van der Waals surface area contributed by atoms with Gasteiger partial charge in [-0.2, -0.15) is 0 Å². The zero-order chi connectivity index (χ0) is 20.2. The van der Waals surface area contributed by atoms with Crippen LogP contribution in [-0.4, -0.2) is 47.1 Å². The van der Waals surface area contributed by atoms with Crippen molar-refractivity contribution in [3.8, 4) is 0 Å². The van der Waals surface area contributed by atoms with E-state index >= 15 is 0 Å². The fraction of sp³-hybridized carbons (Fsp3) is 0.579. The van der Waals surface area contributed by atoms with Gasteiger partial charge in [-0.25, -0.2) is 4.79 Å². The average molecular weight is 377 g/mol. The van der Waals surface area contributed by atoms with Gasteiger partial charge in [-0.15, -0.1) is 0 Å². The topological polar surface area (TPSA) is 102 Å². The normalized spacial score (nSPS) is 17.3. The number of para-hydroxylation sites is 1. The molecule has 0 radical (unpaired) electrons. The molecule has 0 aromatic heterocycles. The van der Waals surface area contributed by atoms with Gasteiger partial charge in [0.2, 0.25) is 0 Å². The number of nitrogens with one attached hydrogen (secondary N) is 1. The predicted octanol–water partition coefficient (Wildman–Crippen LogP) is 3.28. The van der Waals surface area contributed by atoms with Crippen LogP contribution < -0.4 is 5.32 Å². The molecule has 0 unspecified atom stereocenters. The Morgan fingerprint density at radius 3 is 2.70 bits per heavy atom. The molecule has 0 saturated carbocycles. The summed E-state index contributed by atoms with van der Waals surface area (Å²) in [5, 5.41) is 14.1. The maximum atomic E-state index is 12.9. The molecule has 1 fully saturated rings. The largest absolute Gasteiger partial charge is 0.444 e. The van der Waals surface area contributed by atoms with Gasteiger partial charge in [-0.1, -0.05) is 12.1 Å². The first-order valence-electron chi connectivity index (χ1n) is 9.08. The first-order chi connectivity index (χ1) is 12.6. The summed E-state index contributed by atoms with van der Waals surface area (Å²) < 4.78 is 5.22. The highest BCUT2D eigenvalue weighted by Gasteiger charge is 2.30. The molecule has 1 atom stereocenters. The molecule has 0 spiro atoms. The number of aryl methyl sites for hydroxylation is 1. The molecule has 8 nitrogen and oxygen atoms in total. The highest BCUT2D eigenvalue weighted by Crippen LogP contribution is 2.26. The number of carbonyl (C=O) groups is 2. The molecule has 1 N–H and O–H groups in total. The Labute approximate surface area is 159 Å². The van der Waals surface area contributed by atoms with E-state index in [-0.39, 0.29) is 23.1 Å². The lowest BCUT2D eigenvalue weighted by atomic mass is 9.97. The van der Waals surface area contributed by atoms with Crippen LogP contribution in [0.5, 0.6) is 0 Å². The number of rotatable bonds is 4. The Balaban J connectivity index is 2.02. The lowest BCUT2D eigenvalue weighted by Gasteiger charge is -2.33. The lowest BCUT2D eigenvalue weighted by molar-refractivity contribution is -0.385. The second kappa shape index (κ2) is 8.37. The van der Waals surface area contributed by atoms with Gasteiger partial charge in [-0.05, 0) is 52.5 Å². The number of benzene rings is 1. The minimum Gasteiger partial charge on any atom is -0.444 e. The van der Waals surface area contributed by atoms with E-state index in [1.807, 2.05) is 0 Å². The van der Waals surface area contributed by atoms with E-state index < -0.39 is 16.6 Å². The fourth-order valence-corrected chi connectivity index (χ4v) is 3.20. The summed E-state index contributed by atoms with van der Waals surface area (Å²) >= 11 is 0. The highest BCUT2D eigenvalue weighted by atomic mass is 16.6. The average Bonchev–Trinajstić information content (AvgIpc) is 2.57. The molecule has 148 valence electrons. The van der Waals surface area contributed by atoms with Crippen LogP contribution in [0.1, 0.15) is 49.5 Å². The minimum atomic E-state index is -0.567. The summed E-state index contributed by atoms with van der Waals surface area (Å²) in [7, 11) is 0. The maximum Gasteiger partial charge on any atom is 0.407 e. The summed E-state index contributed by atoms with van der Waals surface area (Å²) in [6.07, 6.45) is 1.17. The molecule has 1 saturated heterocycles. The predicted molar refractivity (Wildman–Crippen MR) is 101 cm³/mol. The third-order valence-corrected chi connectivity index (χ3v) is 4.39. The van der Waals surface area contributed by atoms with Crippen molar-refractivity contribution in [3.63, 3.8) is 0 Å². The van der Waals surface area contributed by atoms with Crippen molar-refractivity contribution in [2.45, 2.75) is 46.1 Å². The van der Waals surface area contributed by atoms with Crippen molar-refractivity contribution in [1.82, 2.24) is 10.2 Å². The van der Waals surface area contributed by atoms with E-state index in [0.29, 0.717) is 25.2 Å². The van der Waals surface area contributed by atoms with Gasteiger partial charge in [0.05, 0.1) is 4.92 Å². The molecule has 1 aliphatic rings. The van der Waals surface area contributed by atoms with Crippen LogP contribution in [0.4, 0.5) is 10.5 Å². The summed E-state index contributed by atoms with van der Waals surface area (Å²) in [6.45, 7) is 8.40. The standard InChI is InChI=1S/C19H27N3O5/c1-13-7-5-9-15(16(13)22(25)26)17(23)21-10-6-8-14(12-21)11-20-18(24)27-19(2,3)4/h5,7,9,14H,6,8,10-12H2,1-4H3,(H,20,24)/t14-/m1/s1. The van der Waals surface area contributed by atoms with Crippen molar-refractivity contribution >= 4 is 17.7 Å². The summed E-state index contributed by atoms with van der Waals surface area (Å²) in [5.41, 5.74) is -0.133. The number of ether oxygens (including phenoxy) is 1. The first kappa shape index (κ1) is 20.7. The summed E-state index contributed by atoms with van der Waals surface area (Å²) in [6, 6.07) is 4.77. The number of carbonyl (C=O) groups excluding carboxylic acids is 2. The number of likely N-dealkylation sites (tertiary alicyclic amines) is 1. The van der Waals surface area contributed by atoms with Gasteiger partial charge in [0.1, 0.15) is 11.2 Å². The summed E-state index contributed by atoms with van der Waals surface area (Å²) in [4.78, 5) is 37.1. The molecule has 2 amide bonds. The molecule has 2 rings (SSSR count). The van der Waals surface area contributed by atoms with Gasteiger partial charge in [0.15, 0.2) is 0 Å². The van der Waals surface area contributed by atoms with E-state index in [0.717, 1.165) is 12.8 Å².